The maximum absolute atomic E-state index is 12.1. The molecule has 0 saturated heterocycles. The van der Waals surface area contributed by atoms with Crippen LogP contribution in [0.3, 0.4) is 0 Å². The Kier molecular flexibility index (Phi) is 4.78. The Bertz CT molecular complexity index is 424. The molecule has 0 unspecified atom stereocenters. The third-order valence-corrected chi connectivity index (χ3v) is 2.42. The van der Waals surface area contributed by atoms with Crippen LogP contribution >= 0.6 is 0 Å². The van der Waals surface area contributed by atoms with E-state index in [0.717, 1.165) is 5.57 Å². The summed E-state index contributed by atoms with van der Waals surface area (Å²) in [5.74, 6) is 0.0265. The Hall–Kier alpha value is -1.49. The summed E-state index contributed by atoms with van der Waals surface area (Å²) in [7, 11) is 0. The van der Waals surface area contributed by atoms with Gasteiger partial charge in [0.05, 0.1) is 0 Å². The predicted octanol–water partition coefficient (Wildman–Crippen LogP) is 3.58. The molecule has 1 aromatic rings. The molecule has 0 aliphatic rings. The third kappa shape index (κ3) is 4.79. The molecule has 2 N–H and O–H groups in total. The molecule has 1 aromatic carbocycles. The molecule has 0 aromatic heterocycles. The van der Waals surface area contributed by atoms with Crippen molar-refractivity contribution in [1.29, 1.82) is 0 Å². The molecule has 0 spiro atoms. The average molecular weight is 259 g/mol. The van der Waals surface area contributed by atoms with E-state index < -0.39 is 6.36 Å². The average Bonchev–Trinajstić information content (AvgIpc) is 2.23. The molecule has 18 heavy (non-hydrogen) atoms. The van der Waals surface area contributed by atoms with E-state index >= 15 is 0 Å². The first-order chi connectivity index (χ1) is 8.31. The zero-order chi connectivity index (χ0) is 13.8. The summed E-state index contributed by atoms with van der Waals surface area (Å²) >= 11 is 0. The Morgan fingerprint density at radius 2 is 2.06 bits per heavy atom. The Balaban J connectivity index is 2.95. The number of rotatable bonds is 4. The molecule has 0 fully saturated rings. The van der Waals surface area contributed by atoms with E-state index in [-0.39, 0.29) is 11.7 Å². The van der Waals surface area contributed by atoms with E-state index in [1.165, 1.54) is 18.2 Å². The Morgan fingerprint density at radius 3 is 2.56 bits per heavy atom. The SMILES string of the molecule is CC(C)/C(=C/c1cccc(OC(F)(F)F)c1)CN. The van der Waals surface area contributed by atoms with Crippen molar-refractivity contribution in [3.8, 4) is 5.75 Å². The highest BCUT2D eigenvalue weighted by molar-refractivity contribution is 5.55. The van der Waals surface area contributed by atoms with Crippen LogP contribution in [0.4, 0.5) is 13.2 Å². The fraction of sp³-hybridized carbons (Fsp3) is 0.385. The van der Waals surface area contributed by atoms with Crippen LogP contribution in [0, 0.1) is 5.92 Å². The van der Waals surface area contributed by atoms with Gasteiger partial charge in [0.1, 0.15) is 5.75 Å². The molecule has 0 heterocycles. The molecule has 5 heteroatoms. The smallest absolute Gasteiger partial charge is 0.406 e. The van der Waals surface area contributed by atoms with E-state index in [1.54, 1.807) is 12.1 Å². The van der Waals surface area contributed by atoms with Gasteiger partial charge >= 0.3 is 6.36 Å². The van der Waals surface area contributed by atoms with Gasteiger partial charge in [-0.1, -0.05) is 37.6 Å². The van der Waals surface area contributed by atoms with Gasteiger partial charge < -0.3 is 10.5 Å². The van der Waals surface area contributed by atoms with Crippen LogP contribution in [-0.2, 0) is 0 Å². The lowest BCUT2D eigenvalue weighted by Crippen LogP contribution is -2.17. The maximum atomic E-state index is 12.1. The summed E-state index contributed by atoms with van der Waals surface area (Å²) in [6.45, 7) is 4.34. The molecule has 0 amide bonds. The van der Waals surface area contributed by atoms with Crippen molar-refractivity contribution < 1.29 is 17.9 Å². The summed E-state index contributed by atoms with van der Waals surface area (Å²) < 4.78 is 40.1. The second-order valence-electron chi connectivity index (χ2n) is 4.20. The summed E-state index contributed by atoms with van der Waals surface area (Å²) in [4.78, 5) is 0. The lowest BCUT2D eigenvalue weighted by Gasteiger charge is -2.11. The van der Waals surface area contributed by atoms with E-state index in [4.69, 9.17) is 5.73 Å². The largest absolute Gasteiger partial charge is 0.573 e. The molecule has 0 atom stereocenters. The quantitative estimate of drug-likeness (QED) is 0.896. The van der Waals surface area contributed by atoms with Gasteiger partial charge in [-0.05, 0) is 23.6 Å². The first kappa shape index (κ1) is 14.6. The van der Waals surface area contributed by atoms with E-state index in [2.05, 4.69) is 4.74 Å². The highest BCUT2D eigenvalue weighted by atomic mass is 19.4. The van der Waals surface area contributed by atoms with Gasteiger partial charge in [-0.3, -0.25) is 0 Å². The lowest BCUT2D eigenvalue weighted by molar-refractivity contribution is -0.274. The normalized spacial score (nSPS) is 12.9. The monoisotopic (exact) mass is 259 g/mol. The number of nitrogens with two attached hydrogens (primary N) is 1. The van der Waals surface area contributed by atoms with Gasteiger partial charge in [-0.2, -0.15) is 0 Å². The summed E-state index contributed by atoms with van der Waals surface area (Å²) in [5, 5.41) is 0. The fourth-order valence-corrected chi connectivity index (χ4v) is 1.48. The summed E-state index contributed by atoms with van der Waals surface area (Å²) in [6, 6.07) is 5.83. The molecule has 0 saturated carbocycles. The van der Waals surface area contributed by atoms with Crippen molar-refractivity contribution >= 4 is 6.08 Å². The zero-order valence-electron chi connectivity index (χ0n) is 10.3. The second-order valence-corrected chi connectivity index (χ2v) is 4.20. The van der Waals surface area contributed by atoms with Crippen LogP contribution in [0.5, 0.6) is 5.75 Å². The molecule has 0 aliphatic carbocycles. The first-order valence-corrected chi connectivity index (χ1v) is 5.58. The number of hydrogen-bond acceptors (Lipinski definition) is 2. The van der Waals surface area contributed by atoms with Crippen molar-refractivity contribution in [2.24, 2.45) is 11.7 Å². The number of alkyl halides is 3. The number of hydrogen-bond donors (Lipinski definition) is 1. The zero-order valence-corrected chi connectivity index (χ0v) is 10.3. The van der Waals surface area contributed by atoms with Crippen LogP contribution in [0.2, 0.25) is 0 Å². The number of benzene rings is 1. The summed E-state index contributed by atoms with van der Waals surface area (Å²) in [5.41, 5.74) is 7.20. The van der Waals surface area contributed by atoms with Crippen molar-refractivity contribution in [1.82, 2.24) is 0 Å². The van der Waals surface area contributed by atoms with Crippen molar-refractivity contribution in [2.75, 3.05) is 6.54 Å². The van der Waals surface area contributed by atoms with Crippen LogP contribution < -0.4 is 10.5 Å². The lowest BCUT2D eigenvalue weighted by atomic mass is 10.0. The minimum absolute atomic E-state index is 0.226. The van der Waals surface area contributed by atoms with E-state index in [9.17, 15) is 13.2 Å². The predicted molar refractivity (Wildman–Crippen MR) is 65.0 cm³/mol. The second kappa shape index (κ2) is 5.91. The van der Waals surface area contributed by atoms with Gasteiger partial charge in [-0.15, -0.1) is 13.2 Å². The van der Waals surface area contributed by atoms with Crippen molar-refractivity contribution in [2.45, 2.75) is 20.2 Å². The highest BCUT2D eigenvalue weighted by Gasteiger charge is 2.31. The molecular formula is C13H16F3NO. The van der Waals surface area contributed by atoms with Crippen LogP contribution in [0.15, 0.2) is 29.8 Å². The first-order valence-electron chi connectivity index (χ1n) is 5.58. The van der Waals surface area contributed by atoms with E-state index in [1.807, 2.05) is 13.8 Å². The molecule has 100 valence electrons. The third-order valence-electron chi connectivity index (χ3n) is 2.42. The molecule has 0 aliphatic heterocycles. The molecule has 0 radical (unpaired) electrons. The molecule has 0 bridgehead atoms. The van der Waals surface area contributed by atoms with Gasteiger partial charge in [0.25, 0.3) is 0 Å². The molecule has 1 rings (SSSR count). The minimum atomic E-state index is -4.67. The molecule has 2 nitrogen and oxygen atoms in total. The summed E-state index contributed by atoms with van der Waals surface area (Å²) in [6.07, 6.45) is -2.88. The van der Waals surface area contributed by atoms with E-state index in [0.29, 0.717) is 12.1 Å². The van der Waals surface area contributed by atoms with Crippen LogP contribution in [0.1, 0.15) is 19.4 Å². The van der Waals surface area contributed by atoms with Gasteiger partial charge in [0, 0.05) is 6.54 Å². The topological polar surface area (TPSA) is 35.2 Å². The van der Waals surface area contributed by atoms with Gasteiger partial charge in [0.15, 0.2) is 0 Å². The molecular weight excluding hydrogens is 243 g/mol. The number of halogens is 3. The van der Waals surface area contributed by atoms with Crippen LogP contribution in [-0.4, -0.2) is 12.9 Å². The standard InChI is InChI=1S/C13H16F3NO/c1-9(2)11(8-17)6-10-4-3-5-12(7-10)18-13(14,15)16/h3-7,9H,8,17H2,1-2H3/b11-6+. The van der Waals surface area contributed by atoms with Crippen molar-refractivity contribution in [3.05, 3.63) is 35.4 Å². The van der Waals surface area contributed by atoms with Gasteiger partial charge in [-0.25, -0.2) is 0 Å². The highest BCUT2D eigenvalue weighted by Crippen LogP contribution is 2.24. The maximum Gasteiger partial charge on any atom is 0.573 e. The Labute approximate surface area is 104 Å². The van der Waals surface area contributed by atoms with Gasteiger partial charge in [0.2, 0.25) is 0 Å². The Morgan fingerprint density at radius 1 is 1.39 bits per heavy atom. The fourth-order valence-electron chi connectivity index (χ4n) is 1.48. The minimum Gasteiger partial charge on any atom is -0.406 e. The van der Waals surface area contributed by atoms with Crippen molar-refractivity contribution in [3.63, 3.8) is 0 Å². The van der Waals surface area contributed by atoms with Crippen LogP contribution in [0.25, 0.3) is 6.08 Å². The number of ether oxygens (including phenoxy) is 1.